The van der Waals surface area contributed by atoms with Gasteiger partial charge < -0.3 is 19.5 Å². The first-order valence-corrected chi connectivity index (χ1v) is 13.3. The quantitative estimate of drug-likeness (QED) is 0.332. The third-order valence-electron chi connectivity index (χ3n) is 6.58. The fraction of sp³-hybridized carbons (Fsp3) is 0.345. The number of hydrogen-bond acceptors (Lipinski definition) is 6. The number of aliphatic hydroxyl groups excluding tert-OH is 1. The monoisotopic (exact) mass is 556 g/mol. The third kappa shape index (κ3) is 6.02. The van der Waals surface area contributed by atoms with E-state index in [4.69, 9.17) is 32.7 Å². The number of halogens is 2. The molecule has 9 heteroatoms. The maximum absolute atomic E-state index is 14.2. The smallest absolute Gasteiger partial charge is 0.328 e. The second-order valence-corrected chi connectivity index (χ2v) is 9.93. The lowest BCUT2D eigenvalue weighted by Gasteiger charge is -2.48. The molecule has 200 valence electrons. The summed E-state index contributed by atoms with van der Waals surface area (Å²) in [7, 11) is 0. The summed E-state index contributed by atoms with van der Waals surface area (Å²) in [6, 6.07) is 15.9. The van der Waals surface area contributed by atoms with Crippen LogP contribution in [0.4, 0.5) is 0 Å². The second-order valence-electron chi connectivity index (χ2n) is 9.05. The number of rotatable bonds is 9. The number of hydrogen-bond donors (Lipinski definition) is 1. The lowest BCUT2D eigenvalue weighted by atomic mass is 9.88. The van der Waals surface area contributed by atoms with Crippen molar-refractivity contribution in [2.24, 2.45) is 0 Å². The molecule has 1 aliphatic heterocycles. The largest absolute Gasteiger partial charge is 0.464 e. The van der Waals surface area contributed by atoms with Crippen molar-refractivity contribution in [2.45, 2.75) is 57.1 Å². The van der Waals surface area contributed by atoms with Crippen molar-refractivity contribution in [3.63, 3.8) is 0 Å². The molecule has 0 saturated carbocycles. The number of ether oxygens (including phenoxy) is 2. The van der Waals surface area contributed by atoms with E-state index in [1.807, 2.05) is 31.2 Å². The van der Waals surface area contributed by atoms with E-state index in [2.05, 4.69) is 4.98 Å². The zero-order valence-corrected chi connectivity index (χ0v) is 22.7. The topological polar surface area (TPSA) is 89.0 Å². The number of esters is 1. The van der Waals surface area contributed by atoms with Gasteiger partial charge in [-0.25, -0.2) is 4.79 Å². The Kier molecular flexibility index (Phi) is 9.39. The molecule has 38 heavy (non-hydrogen) atoms. The molecule has 5 unspecified atom stereocenters. The summed E-state index contributed by atoms with van der Waals surface area (Å²) in [5.41, 5.74) is 1.93. The number of carbonyl (C=O) groups is 2. The molecular formula is C29H30Cl2N2O5. The number of pyridine rings is 1. The van der Waals surface area contributed by atoms with Gasteiger partial charge in [-0.05, 0) is 66.4 Å². The summed E-state index contributed by atoms with van der Waals surface area (Å²) in [6.07, 6.45) is 0.769. The maximum atomic E-state index is 14.2. The summed E-state index contributed by atoms with van der Waals surface area (Å²) >= 11 is 12.4. The Hall–Kier alpha value is -2.97. The first-order valence-electron chi connectivity index (χ1n) is 12.6. The lowest BCUT2D eigenvalue weighted by molar-refractivity contribution is -0.198. The normalized spacial score (nSPS) is 21.1. The Morgan fingerprint density at radius 3 is 2.13 bits per heavy atom. The van der Waals surface area contributed by atoms with Crippen LogP contribution in [-0.4, -0.2) is 45.6 Å². The molecule has 3 aromatic rings. The Labute approximate surface area is 232 Å². The molecule has 5 atom stereocenters. The van der Waals surface area contributed by atoms with Crippen LogP contribution in [0.25, 0.3) is 0 Å². The number of amides is 1. The molecule has 0 bridgehead atoms. The minimum Gasteiger partial charge on any atom is -0.464 e. The SMILES string of the molecule is CCCC(C(=O)OCC)N1C(=O)C(C(O)c2ccncc2)OC(c2ccc(Cl)cc2)C1c1ccc(Cl)cc1. The summed E-state index contributed by atoms with van der Waals surface area (Å²) < 4.78 is 11.9. The fourth-order valence-corrected chi connectivity index (χ4v) is 5.06. The summed E-state index contributed by atoms with van der Waals surface area (Å²) in [5.74, 6) is -1.01. The third-order valence-corrected chi connectivity index (χ3v) is 7.08. The van der Waals surface area contributed by atoms with E-state index >= 15 is 0 Å². The Morgan fingerprint density at radius 1 is 1.00 bits per heavy atom. The van der Waals surface area contributed by atoms with E-state index in [-0.39, 0.29) is 6.61 Å². The first-order chi connectivity index (χ1) is 18.3. The van der Waals surface area contributed by atoms with E-state index in [9.17, 15) is 14.7 Å². The van der Waals surface area contributed by atoms with Crippen molar-refractivity contribution in [1.82, 2.24) is 9.88 Å². The Balaban J connectivity index is 1.90. The number of aliphatic hydroxyl groups is 1. The standard InChI is InChI=1S/C29H30Cl2N2O5/c1-3-5-23(29(36)37-4-2)33-24(18-6-10-21(30)11-7-18)26(20-8-12-22(31)13-9-20)38-27(28(33)35)25(34)19-14-16-32-17-15-19/h6-17,23-27,34H,3-5H2,1-2H3. The molecule has 0 radical (unpaired) electrons. The highest BCUT2D eigenvalue weighted by Crippen LogP contribution is 2.46. The van der Waals surface area contributed by atoms with Crippen LogP contribution in [0.1, 0.15) is 61.6 Å². The minimum atomic E-state index is -1.29. The fourth-order valence-electron chi connectivity index (χ4n) is 4.80. The number of aromatic nitrogens is 1. The van der Waals surface area contributed by atoms with Gasteiger partial charge in [0.25, 0.3) is 5.91 Å². The summed E-state index contributed by atoms with van der Waals surface area (Å²) in [6.45, 7) is 3.84. The Morgan fingerprint density at radius 2 is 1.58 bits per heavy atom. The number of morpholine rings is 1. The predicted octanol–water partition coefficient (Wildman–Crippen LogP) is 5.86. The van der Waals surface area contributed by atoms with Crippen molar-refractivity contribution in [3.8, 4) is 0 Å². The van der Waals surface area contributed by atoms with Crippen molar-refractivity contribution >= 4 is 35.1 Å². The number of benzene rings is 2. The van der Waals surface area contributed by atoms with Gasteiger partial charge in [-0.15, -0.1) is 0 Å². The molecule has 4 rings (SSSR count). The summed E-state index contributed by atoms with van der Waals surface area (Å²) in [5, 5.41) is 12.4. The molecule has 1 aromatic heterocycles. The molecule has 7 nitrogen and oxygen atoms in total. The molecule has 2 aromatic carbocycles. The average molecular weight is 557 g/mol. The molecule has 0 spiro atoms. The van der Waals surface area contributed by atoms with E-state index in [0.717, 1.165) is 11.1 Å². The number of nitrogens with zero attached hydrogens (tertiary/aromatic N) is 2. The molecule has 1 saturated heterocycles. The molecule has 1 N–H and O–H groups in total. The van der Waals surface area contributed by atoms with Gasteiger partial charge in [-0.3, -0.25) is 9.78 Å². The maximum Gasteiger partial charge on any atom is 0.328 e. The van der Waals surface area contributed by atoms with Crippen molar-refractivity contribution in [2.75, 3.05) is 6.61 Å². The van der Waals surface area contributed by atoms with Crippen LogP contribution in [0.3, 0.4) is 0 Å². The van der Waals surface area contributed by atoms with Gasteiger partial charge in [0.1, 0.15) is 18.2 Å². The predicted molar refractivity (Wildman–Crippen MR) is 145 cm³/mol. The van der Waals surface area contributed by atoms with Gasteiger partial charge >= 0.3 is 5.97 Å². The van der Waals surface area contributed by atoms with Crippen LogP contribution in [0, 0.1) is 0 Å². The average Bonchev–Trinajstić information content (AvgIpc) is 2.93. The molecule has 1 amide bonds. The highest BCUT2D eigenvalue weighted by Gasteiger charge is 2.50. The van der Waals surface area contributed by atoms with E-state index < -0.39 is 42.3 Å². The second kappa shape index (κ2) is 12.7. The van der Waals surface area contributed by atoms with Gasteiger partial charge in [-0.1, -0.05) is 60.8 Å². The molecule has 1 fully saturated rings. The molecule has 2 heterocycles. The van der Waals surface area contributed by atoms with Crippen LogP contribution in [0.5, 0.6) is 0 Å². The van der Waals surface area contributed by atoms with E-state index in [0.29, 0.717) is 28.5 Å². The van der Waals surface area contributed by atoms with Crippen molar-refractivity contribution < 1.29 is 24.2 Å². The van der Waals surface area contributed by atoms with E-state index in [1.165, 1.54) is 17.3 Å². The Bertz CT molecular complexity index is 1220. The highest BCUT2D eigenvalue weighted by atomic mass is 35.5. The van der Waals surface area contributed by atoms with Crippen molar-refractivity contribution in [3.05, 3.63) is 99.8 Å². The molecular weight excluding hydrogens is 527 g/mol. The first kappa shape index (κ1) is 28.0. The molecule has 0 aliphatic carbocycles. The van der Waals surface area contributed by atoms with Crippen LogP contribution < -0.4 is 0 Å². The van der Waals surface area contributed by atoms with Crippen LogP contribution >= 0.6 is 23.2 Å². The van der Waals surface area contributed by atoms with Crippen LogP contribution in [-0.2, 0) is 19.1 Å². The van der Waals surface area contributed by atoms with E-state index in [1.54, 1.807) is 43.3 Å². The van der Waals surface area contributed by atoms with Gasteiger partial charge in [0.05, 0.1) is 12.6 Å². The lowest BCUT2D eigenvalue weighted by Crippen LogP contribution is -2.58. The molecule has 1 aliphatic rings. The highest BCUT2D eigenvalue weighted by molar-refractivity contribution is 6.30. The van der Waals surface area contributed by atoms with Gasteiger partial charge in [-0.2, -0.15) is 0 Å². The van der Waals surface area contributed by atoms with Gasteiger partial charge in [0.2, 0.25) is 0 Å². The van der Waals surface area contributed by atoms with Gasteiger partial charge in [0, 0.05) is 22.4 Å². The van der Waals surface area contributed by atoms with Crippen molar-refractivity contribution in [1.29, 1.82) is 0 Å². The van der Waals surface area contributed by atoms with Gasteiger partial charge in [0.15, 0.2) is 6.10 Å². The minimum absolute atomic E-state index is 0.173. The zero-order valence-electron chi connectivity index (χ0n) is 21.2. The summed E-state index contributed by atoms with van der Waals surface area (Å²) in [4.78, 5) is 33.0. The van der Waals surface area contributed by atoms with Crippen LogP contribution in [0.15, 0.2) is 73.1 Å². The zero-order chi connectivity index (χ0) is 27.2. The van der Waals surface area contributed by atoms with Crippen LogP contribution in [0.2, 0.25) is 10.0 Å². The number of carbonyl (C=O) groups excluding carboxylic acids is 2.